The van der Waals surface area contributed by atoms with Crippen molar-refractivity contribution in [2.45, 2.75) is 45.6 Å². The van der Waals surface area contributed by atoms with E-state index in [9.17, 15) is 0 Å². The third kappa shape index (κ3) is 4.28. The van der Waals surface area contributed by atoms with Crippen molar-refractivity contribution in [2.24, 2.45) is 0 Å². The van der Waals surface area contributed by atoms with E-state index in [1.807, 2.05) is 18.2 Å². The predicted molar refractivity (Wildman–Crippen MR) is 89.9 cm³/mol. The van der Waals surface area contributed by atoms with E-state index in [-0.39, 0.29) is 12.7 Å². The number of aliphatic hydroxyl groups is 1. The Hall–Kier alpha value is -1.94. The smallest absolute Gasteiger partial charge is 0.223 e. The van der Waals surface area contributed by atoms with Gasteiger partial charge in [-0.2, -0.15) is 4.98 Å². The lowest BCUT2D eigenvalue weighted by atomic mass is 10.1. The van der Waals surface area contributed by atoms with Gasteiger partial charge in [-0.05, 0) is 43.9 Å². The number of ether oxygens (including phenoxy) is 1. The van der Waals surface area contributed by atoms with Crippen molar-refractivity contribution in [3.8, 4) is 5.88 Å². The highest BCUT2D eigenvalue weighted by molar-refractivity contribution is 5.79. The first-order valence-corrected chi connectivity index (χ1v) is 7.98. The number of fused-ring (bicyclic) bond motifs is 1. The molecule has 0 saturated heterocycles. The first kappa shape index (κ1) is 16.4. The summed E-state index contributed by atoms with van der Waals surface area (Å²) in [5, 5.41) is 9.86. The fraction of sp³-hybridized carbons (Fsp3) is 0.444. The van der Waals surface area contributed by atoms with E-state index in [4.69, 9.17) is 9.84 Å². The maximum Gasteiger partial charge on any atom is 0.223 e. The number of aliphatic hydroxyl groups excluding tert-OH is 1. The van der Waals surface area contributed by atoms with Crippen LogP contribution < -0.4 is 4.74 Å². The van der Waals surface area contributed by atoms with Crippen LogP contribution in [-0.2, 0) is 0 Å². The number of nitrogens with zero attached hydrogens (tertiary/aromatic N) is 2. The molecule has 0 amide bonds. The highest BCUT2D eigenvalue weighted by Crippen LogP contribution is 2.24. The minimum atomic E-state index is 0.165. The standard InChI is InChI=1S/C18H24N2O2/c1-3-16(4-2)22-18-15(9-6-5-7-12-21)13-14-10-8-11-19-17(14)20-18/h6,8-11,13,16,21H,3-5,7,12H2,1-2H3/b9-6+. The monoisotopic (exact) mass is 300 g/mol. The molecule has 0 fully saturated rings. The number of unbranched alkanes of at least 4 members (excludes halogenated alkanes) is 1. The summed E-state index contributed by atoms with van der Waals surface area (Å²) < 4.78 is 6.06. The van der Waals surface area contributed by atoms with Crippen LogP contribution in [-0.4, -0.2) is 27.8 Å². The van der Waals surface area contributed by atoms with E-state index in [1.54, 1.807) is 6.20 Å². The van der Waals surface area contributed by atoms with Crippen molar-refractivity contribution < 1.29 is 9.84 Å². The first-order valence-electron chi connectivity index (χ1n) is 7.98. The van der Waals surface area contributed by atoms with E-state index < -0.39 is 0 Å². The van der Waals surface area contributed by atoms with Gasteiger partial charge in [-0.1, -0.05) is 26.0 Å². The summed E-state index contributed by atoms with van der Waals surface area (Å²) in [5.41, 5.74) is 1.67. The molecule has 0 spiro atoms. The Labute approximate surface area is 131 Å². The van der Waals surface area contributed by atoms with Crippen LogP contribution in [0.2, 0.25) is 0 Å². The number of rotatable bonds is 8. The van der Waals surface area contributed by atoms with E-state index in [1.165, 1.54) is 0 Å². The molecule has 0 unspecified atom stereocenters. The third-order valence-electron chi connectivity index (χ3n) is 3.60. The molecular formula is C18H24N2O2. The lowest BCUT2D eigenvalue weighted by Gasteiger charge is -2.16. The summed E-state index contributed by atoms with van der Waals surface area (Å²) in [7, 11) is 0. The zero-order chi connectivity index (χ0) is 15.8. The Morgan fingerprint density at radius 1 is 1.32 bits per heavy atom. The lowest BCUT2D eigenvalue weighted by Crippen LogP contribution is -2.15. The molecule has 4 heteroatoms. The van der Waals surface area contributed by atoms with Crippen molar-refractivity contribution in [2.75, 3.05) is 6.61 Å². The molecular weight excluding hydrogens is 276 g/mol. The van der Waals surface area contributed by atoms with Crippen molar-refractivity contribution in [1.29, 1.82) is 0 Å². The lowest BCUT2D eigenvalue weighted by molar-refractivity contribution is 0.185. The van der Waals surface area contributed by atoms with Crippen LogP contribution in [0.15, 0.2) is 30.5 Å². The minimum absolute atomic E-state index is 0.165. The largest absolute Gasteiger partial charge is 0.474 e. The Morgan fingerprint density at radius 3 is 2.86 bits per heavy atom. The first-order chi connectivity index (χ1) is 10.8. The molecule has 0 aliphatic carbocycles. The maximum atomic E-state index is 8.86. The number of pyridine rings is 2. The van der Waals surface area contributed by atoms with Gasteiger partial charge in [-0.25, -0.2) is 4.98 Å². The summed E-state index contributed by atoms with van der Waals surface area (Å²) >= 11 is 0. The molecule has 118 valence electrons. The third-order valence-corrected chi connectivity index (χ3v) is 3.60. The number of hydrogen-bond acceptors (Lipinski definition) is 4. The predicted octanol–water partition coefficient (Wildman–Crippen LogP) is 3.98. The second-order valence-electron chi connectivity index (χ2n) is 5.26. The summed E-state index contributed by atoms with van der Waals surface area (Å²) in [6.45, 7) is 4.44. The van der Waals surface area contributed by atoms with Gasteiger partial charge in [0.1, 0.15) is 0 Å². The van der Waals surface area contributed by atoms with Crippen LogP contribution in [0.1, 0.15) is 45.1 Å². The Bertz CT molecular complexity index is 622. The molecule has 4 nitrogen and oxygen atoms in total. The molecule has 0 aromatic carbocycles. The fourth-order valence-corrected chi connectivity index (χ4v) is 2.25. The molecule has 0 radical (unpaired) electrons. The van der Waals surface area contributed by atoms with E-state index >= 15 is 0 Å². The highest BCUT2D eigenvalue weighted by Gasteiger charge is 2.11. The second kappa shape index (κ2) is 8.49. The average Bonchev–Trinajstić information content (AvgIpc) is 2.56. The summed E-state index contributed by atoms with van der Waals surface area (Å²) in [5.74, 6) is 0.639. The van der Waals surface area contributed by atoms with Gasteiger partial charge in [0.15, 0.2) is 5.65 Å². The quantitative estimate of drug-likeness (QED) is 0.749. The SMILES string of the molecule is CCC(CC)Oc1nc2ncccc2cc1/C=C/CCCO. The van der Waals surface area contributed by atoms with Crippen molar-refractivity contribution >= 4 is 17.1 Å². The topological polar surface area (TPSA) is 55.2 Å². The van der Waals surface area contributed by atoms with Crippen LogP contribution in [0, 0.1) is 0 Å². The average molecular weight is 300 g/mol. The number of hydrogen-bond donors (Lipinski definition) is 1. The van der Waals surface area contributed by atoms with Gasteiger partial charge in [0.2, 0.25) is 5.88 Å². The van der Waals surface area contributed by atoms with Crippen LogP contribution in [0.3, 0.4) is 0 Å². The Morgan fingerprint density at radius 2 is 2.14 bits per heavy atom. The van der Waals surface area contributed by atoms with E-state index in [0.29, 0.717) is 11.5 Å². The normalized spacial score (nSPS) is 11.6. The van der Waals surface area contributed by atoms with E-state index in [0.717, 1.165) is 36.6 Å². The zero-order valence-corrected chi connectivity index (χ0v) is 13.3. The van der Waals surface area contributed by atoms with Crippen molar-refractivity contribution in [3.63, 3.8) is 0 Å². The molecule has 0 saturated carbocycles. The van der Waals surface area contributed by atoms with Crippen molar-refractivity contribution in [3.05, 3.63) is 36.0 Å². The molecule has 0 aliphatic rings. The van der Waals surface area contributed by atoms with Gasteiger partial charge in [-0.3, -0.25) is 0 Å². The molecule has 2 heterocycles. The van der Waals surface area contributed by atoms with Gasteiger partial charge >= 0.3 is 0 Å². The van der Waals surface area contributed by atoms with Gasteiger partial charge in [0.05, 0.1) is 6.10 Å². The van der Waals surface area contributed by atoms with Crippen LogP contribution >= 0.6 is 0 Å². The highest BCUT2D eigenvalue weighted by atomic mass is 16.5. The molecule has 0 aliphatic heterocycles. The molecule has 2 rings (SSSR count). The Kier molecular flexibility index (Phi) is 6.34. The molecule has 1 N–H and O–H groups in total. The molecule has 0 atom stereocenters. The van der Waals surface area contributed by atoms with Gasteiger partial charge in [0.25, 0.3) is 0 Å². The zero-order valence-electron chi connectivity index (χ0n) is 13.3. The number of aromatic nitrogens is 2. The fourth-order valence-electron chi connectivity index (χ4n) is 2.25. The maximum absolute atomic E-state index is 8.86. The van der Waals surface area contributed by atoms with Crippen LogP contribution in [0.25, 0.3) is 17.1 Å². The minimum Gasteiger partial charge on any atom is -0.474 e. The summed E-state index contributed by atoms with van der Waals surface area (Å²) in [6.07, 6.45) is 9.49. The van der Waals surface area contributed by atoms with Gasteiger partial charge in [0, 0.05) is 23.8 Å². The molecule has 0 bridgehead atoms. The molecule has 2 aromatic rings. The van der Waals surface area contributed by atoms with Crippen LogP contribution in [0.4, 0.5) is 0 Å². The summed E-state index contributed by atoms with van der Waals surface area (Å²) in [6, 6.07) is 5.97. The van der Waals surface area contributed by atoms with Crippen molar-refractivity contribution in [1.82, 2.24) is 9.97 Å². The molecule has 2 aromatic heterocycles. The second-order valence-corrected chi connectivity index (χ2v) is 5.26. The summed E-state index contributed by atoms with van der Waals surface area (Å²) in [4.78, 5) is 8.88. The van der Waals surface area contributed by atoms with Gasteiger partial charge < -0.3 is 9.84 Å². The van der Waals surface area contributed by atoms with Crippen LogP contribution in [0.5, 0.6) is 5.88 Å². The Balaban J connectivity index is 2.33. The molecule has 22 heavy (non-hydrogen) atoms. The van der Waals surface area contributed by atoms with E-state index in [2.05, 4.69) is 36.0 Å². The van der Waals surface area contributed by atoms with Gasteiger partial charge in [-0.15, -0.1) is 0 Å². The number of allylic oxidation sites excluding steroid dienone is 1.